The SMILES string of the molecule is CN(C(=O)c1ccc(Br)cc1)C1CCCNCC1.Cl. The molecule has 1 atom stereocenters. The summed E-state index contributed by atoms with van der Waals surface area (Å²) in [6.07, 6.45) is 3.27. The molecular formula is C14H20BrClN2O. The van der Waals surface area contributed by atoms with Crippen LogP contribution in [0.3, 0.4) is 0 Å². The third-order valence-electron chi connectivity index (χ3n) is 3.50. The van der Waals surface area contributed by atoms with Crippen LogP contribution in [0.5, 0.6) is 0 Å². The average Bonchev–Trinajstić information content (AvgIpc) is 2.67. The van der Waals surface area contributed by atoms with E-state index >= 15 is 0 Å². The van der Waals surface area contributed by atoms with Crippen molar-refractivity contribution in [3.05, 3.63) is 34.3 Å². The van der Waals surface area contributed by atoms with E-state index in [0.29, 0.717) is 6.04 Å². The summed E-state index contributed by atoms with van der Waals surface area (Å²) in [6.45, 7) is 2.07. The van der Waals surface area contributed by atoms with Crippen LogP contribution in [0.1, 0.15) is 29.6 Å². The summed E-state index contributed by atoms with van der Waals surface area (Å²) < 4.78 is 1.00. The summed E-state index contributed by atoms with van der Waals surface area (Å²) in [6, 6.07) is 7.93. The second kappa shape index (κ2) is 7.88. The summed E-state index contributed by atoms with van der Waals surface area (Å²) >= 11 is 3.39. The number of hydrogen-bond acceptors (Lipinski definition) is 2. The van der Waals surface area contributed by atoms with Gasteiger partial charge in [0.25, 0.3) is 5.91 Å². The highest BCUT2D eigenvalue weighted by atomic mass is 79.9. The summed E-state index contributed by atoms with van der Waals surface area (Å²) in [5.74, 6) is 0.120. The van der Waals surface area contributed by atoms with Crippen LogP contribution < -0.4 is 5.32 Å². The quantitative estimate of drug-likeness (QED) is 0.891. The Kier molecular flexibility index (Phi) is 6.83. The minimum Gasteiger partial charge on any atom is -0.339 e. The molecule has 1 aromatic rings. The van der Waals surface area contributed by atoms with E-state index in [9.17, 15) is 4.79 Å². The molecule has 1 aromatic carbocycles. The van der Waals surface area contributed by atoms with Gasteiger partial charge in [0.15, 0.2) is 0 Å². The first-order chi connectivity index (χ1) is 8.68. The lowest BCUT2D eigenvalue weighted by molar-refractivity contribution is 0.0720. The van der Waals surface area contributed by atoms with E-state index in [1.165, 1.54) is 0 Å². The van der Waals surface area contributed by atoms with Crippen molar-refractivity contribution in [3.8, 4) is 0 Å². The molecule has 1 aliphatic rings. The van der Waals surface area contributed by atoms with Crippen molar-refractivity contribution < 1.29 is 4.79 Å². The standard InChI is InChI=1S/C14H19BrN2O.ClH/c1-17(13-3-2-9-16-10-8-13)14(18)11-4-6-12(15)7-5-11;/h4-7,13,16H,2-3,8-10H2,1H3;1H. The summed E-state index contributed by atoms with van der Waals surface area (Å²) in [5, 5.41) is 3.37. The lowest BCUT2D eigenvalue weighted by atomic mass is 10.1. The van der Waals surface area contributed by atoms with Crippen LogP contribution in [0.25, 0.3) is 0 Å². The highest BCUT2D eigenvalue weighted by Crippen LogP contribution is 2.16. The third-order valence-corrected chi connectivity index (χ3v) is 4.03. The molecule has 2 rings (SSSR count). The van der Waals surface area contributed by atoms with Gasteiger partial charge in [-0.15, -0.1) is 12.4 Å². The number of carbonyl (C=O) groups excluding carboxylic acids is 1. The van der Waals surface area contributed by atoms with E-state index in [1.54, 1.807) is 0 Å². The second-order valence-corrected chi connectivity index (χ2v) is 5.67. The Balaban J connectivity index is 0.00000180. The van der Waals surface area contributed by atoms with E-state index < -0.39 is 0 Å². The van der Waals surface area contributed by atoms with Crippen molar-refractivity contribution in [1.82, 2.24) is 10.2 Å². The molecule has 0 radical (unpaired) electrons. The molecule has 0 saturated carbocycles. The Bertz CT molecular complexity index is 402. The van der Waals surface area contributed by atoms with E-state index in [0.717, 1.165) is 42.4 Å². The fourth-order valence-electron chi connectivity index (χ4n) is 2.35. The predicted octanol–water partition coefficient (Wildman–Crippen LogP) is 3.09. The number of rotatable bonds is 2. The zero-order valence-corrected chi connectivity index (χ0v) is 13.5. The Morgan fingerprint density at radius 3 is 2.63 bits per heavy atom. The largest absolute Gasteiger partial charge is 0.339 e. The zero-order chi connectivity index (χ0) is 13.0. The minimum atomic E-state index is 0. The number of nitrogens with zero attached hydrogens (tertiary/aromatic N) is 1. The van der Waals surface area contributed by atoms with Crippen LogP contribution >= 0.6 is 28.3 Å². The molecule has 1 heterocycles. The van der Waals surface area contributed by atoms with Gasteiger partial charge in [-0.05, 0) is 56.6 Å². The Hall–Kier alpha value is -0.580. The molecule has 0 aliphatic carbocycles. The van der Waals surface area contributed by atoms with E-state index in [4.69, 9.17) is 0 Å². The second-order valence-electron chi connectivity index (χ2n) is 4.76. The normalized spacial score (nSPS) is 19.2. The van der Waals surface area contributed by atoms with Gasteiger partial charge in [-0.3, -0.25) is 4.79 Å². The van der Waals surface area contributed by atoms with Crippen LogP contribution in [-0.2, 0) is 0 Å². The van der Waals surface area contributed by atoms with E-state index in [-0.39, 0.29) is 18.3 Å². The molecule has 106 valence electrons. The van der Waals surface area contributed by atoms with Crippen molar-refractivity contribution in [2.45, 2.75) is 25.3 Å². The predicted molar refractivity (Wildman–Crippen MR) is 84.0 cm³/mol. The molecule has 1 saturated heterocycles. The number of hydrogen-bond donors (Lipinski definition) is 1. The van der Waals surface area contributed by atoms with Crippen LogP contribution in [0.2, 0.25) is 0 Å². The minimum absolute atomic E-state index is 0. The highest BCUT2D eigenvalue weighted by molar-refractivity contribution is 9.10. The number of halogens is 2. The average molecular weight is 348 g/mol. The highest BCUT2D eigenvalue weighted by Gasteiger charge is 2.21. The molecule has 1 unspecified atom stereocenters. The van der Waals surface area contributed by atoms with Gasteiger partial charge in [-0.1, -0.05) is 15.9 Å². The number of amides is 1. The lowest BCUT2D eigenvalue weighted by Gasteiger charge is -2.27. The van der Waals surface area contributed by atoms with Gasteiger partial charge < -0.3 is 10.2 Å². The third kappa shape index (κ3) is 4.48. The van der Waals surface area contributed by atoms with Gasteiger partial charge in [0.2, 0.25) is 0 Å². The van der Waals surface area contributed by atoms with Crippen molar-refractivity contribution in [3.63, 3.8) is 0 Å². The number of benzene rings is 1. The van der Waals surface area contributed by atoms with Crippen molar-refractivity contribution >= 4 is 34.2 Å². The molecule has 1 amide bonds. The fourth-order valence-corrected chi connectivity index (χ4v) is 2.61. The summed E-state index contributed by atoms with van der Waals surface area (Å²) in [5.41, 5.74) is 0.762. The molecule has 1 N–H and O–H groups in total. The smallest absolute Gasteiger partial charge is 0.253 e. The van der Waals surface area contributed by atoms with Gasteiger partial charge in [-0.2, -0.15) is 0 Å². The topological polar surface area (TPSA) is 32.3 Å². The first kappa shape index (κ1) is 16.5. The Morgan fingerprint density at radius 2 is 1.95 bits per heavy atom. The zero-order valence-electron chi connectivity index (χ0n) is 11.1. The van der Waals surface area contributed by atoms with Crippen molar-refractivity contribution in [2.24, 2.45) is 0 Å². The van der Waals surface area contributed by atoms with Crippen LogP contribution in [0.4, 0.5) is 0 Å². The van der Waals surface area contributed by atoms with Crippen LogP contribution in [-0.4, -0.2) is 37.0 Å². The van der Waals surface area contributed by atoms with Crippen LogP contribution in [0, 0.1) is 0 Å². The maximum absolute atomic E-state index is 12.4. The summed E-state index contributed by atoms with van der Waals surface area (Å²) in [4.78, 5) is 14.3. The van der Waals surface area contributed by atoms with Gasteiger partial charge in [-0.25, -0.2) is 0 Å². The van der Waals surface area contributed by atoms with Gasteiger partial charge >= 0.3 is 0 Å². The Morgan fingerprint density at radius 1 is 1.26 bits per heavy atom. The number of carbonyl (C=O) groups is 1. The van der Waals surface area contributed by atoms with Crippen LogP contribution in [0.15, 0.2) is 28.7 Å². The first-order valence-electron chi connectivity index (χ1n) is 6.42. The molecule has 3 nitrogen and oxygen atoms in total. The molecule has 0 aromatic heterocycles. The maximum Gasteiger partial charge on any atom is 0.253 e. The molecular weight excluding hydrogens is 328 g/mol. The lowest BCUT2D eigenvalue weighted by Crippen LogP contribution is -2.37. The first-order valence-corrected chi connectivity index (χ1v) is 7.21. The Labute approximate surface area is 129 Å². The fraction of sp³-hybridized carbons (Fsp3) is 0.500. The van der Waals surface area contributed by atoms with Gasteiger partial charge in [0.1, 0.15) is 0 Å². The maximum atomic E-state index is 12.4. The molecule has 19 heavy (non-hydrogen) atoms. The van der Waals surface area contributed by atoms with Crippen molar-refractivity contribution in [2.75, 3.05) is 20.1 Å². The van der Waals surface area contributed by atoms with E-state index in [2.05, 4.69) is 21.2 Å². The van der Waals surface area contributed by atoms with E-state index in [1.807, 2.05) is 36.2 Å². The molecule has 1 fully saturated rings. The van der Waals surface area contributed by atoms with Gasteiger partial charge in [0, 0.05) is 23.1 Å². The number of nitrogens with one attached hydrogen (secondary N) is 1. The van der Waals surface area contributed by atoms with Gasteiger partial charge in [0.05, 0.1) is 0 Å². The summed E-state index contributed by atoms with van der Waals surface area (Å²) in [7, 11) is 1.92. The molecule has 0 bridgehead atoms. The monoisotopic (exact) mass is 346 g/mol. The molecule has 5 heteroatoms. The molecule has 0 spiro atoms. The van der Waals surface area contributed by atoms with Crippen molar-refractivity contribution in [1.29, 1.82) is 0 Å². The molecule has 1 aliphatic heterocycles.